The molecule has 9 heteroatoms. The summed E-state index contributed by atoms with van der Waals surface area (Å²) in [5.74, 6) is -1.07. The second kappa shape index (κ2) is 8.64. The molecule has 0 radical (unpaired) electrons. The van der Waals surface area contributed by atoms with E-state index in [9.17, 15) is 13.6 Å². The first kappa shape index (κ1) is 22.2. The molecule has 0 spiro atoms. The maximum atomic E-state index is 14.8. The number of hydrogen-bond acceptors (Lipinski definition) is 6. The highest BCUT2D eigenvalue weighted by atomic mass is 19.1. The molecule has 0 aliphatic carbocycles. The Labute approximate surface area is 194 Å². The van der Waals surface area contributed by atoms with E-state index in [-0.39, 0.29) is 22.7 Å². The van der Waals surface area contributed by atoms with Gasteiger partial charge in [0.05, 0.1) is 17.5 Å². The predicted octanol–water partition coefficient (Wildman–Crippen LogP) is 4.32. The number of ether oxygens (including phenoxy) is 1. The molecule has 4 aromatic rings. The third-order valence-corrected chi connectivity index (χ3v) is 6.29. The number of pyridine rings is 1. The molecule has 0 N–H and O–H groups in total. The van der Waals surface area contributed by atoms with E-state index in [1.807, 2.05) is 19.9 Å². The van der Waals surface area contributed by atoms with Crippen molar-refractivity contribution in [2.75, 3.05) is 6.61 Å². The molecule has 0 bridgehead atoms. The van der Waals surface area contributed by atoms with Crippen LogP contribution < -0.4 is 5.56 Å². The molecular formula is C25H23F2N5O2. The van der Waals surface area contributed by atoms with Gasteiger partial charge in [-0.2, -0.15) is 0 Å². The Morgan fingerprint density at radius 2 is 1.85 bits per heavy atom. The van der Waals surface area contributed by atoms with E-state index in [1.54, 1.807) is 19.3 Å². The van der Waals surface area contributed by atoms with Crippen molar-refractivity contribution in [1.82, 2.24) is 24.5 Å². The maximum Gasteiger partial charge on any atom is 0.256 e. The summed E-state index contributed by atoms with van der Waals surface area (Å²) >= 11 is 0. The number of aromatic nitrogens is 5. The highest BCUT2D eigenvalue weighted by Crippen LogP contribution is 2.37. The van der Waals surface area contributed by atoms with Gasteiger partial charge in [-0.05, 0) is 51.0 Å². The summed E-state index contributed by atoms with van der Waals surface area (Å²) < 4.78 is 35.8. The quantitative estimate of drug-likeness (QED) is 0.450. The van der Waals surface area contributed by atoms with Gasteiger partial charge in [-0.1, -0.05) is 0 Å². The van der Waals surface area contributed by atoms with Crippen LogP contribution in [0.15, 0.2) is 41.3 Å². The van der Waals surface area contributed by atoms with Crippen molar-refractivity contribution in [2.45, 2.75) is 38.7 Å². The highest BCUT2D eigenvalue weighted by molar-refractivity contribution is 5.87. The first-order valence-electron chi connectivity index (χ1n) is 11.1. The Bertz CT molecular complexity index is 1470. The van der Waals surface area contributed by atoms with Crippen molar-refractivity contribution >= 4 is 11.2 Å². The summed E-state index contributed by atoms with van der Waals surface area (Å²) in [6.45, 7) is 4.06. The van der Waals surface area contributed by atoms with Crippen molar-refractivity contribution in [2.24, 2.45) is 7.05 Å². The van der Waals surface area contributed by atoms with Gasteiger partial charge in [0.2, 0.25) is 0 Å². The van der Waals surface area contributed by atoms with Gasteiger partial charge >= 0.3 is 0 Å². The molecule has 5 rings (SSSR count). The molecule has 4 heterocycles. The van der Waals surface area contributed by atoms with Gasteiger partial charge in [-0.3, -0.25) is 4.79 Å². The third kappa shape index (κ3) is 3.96. The normalized spacial score (nSPS) is 18.4. The van der Waals surface area contributed by atoms with Gasteiger partial charge in [0.1, 0.15) is 28.7 Å². The van der Waals surface area contributed by atoms with Crippen LogP contribution in [-0.2, 0) is 11.8 Å². The summed E-state index contributed by atoms with van der Waals surface area (Å²) in [4.78, 5) is 31.2. The SMILES string of the molecule is Cc1nc2nc([C@@H]3CCO[C@@H](c4cccn(C)c4=O)C3)nc(-c3ccc(F)cc3F)c2nc1C. The summed E-state index contributed by atoms with van der Waals surface area (Å²) in [6.07, 6.45) is 2.42. The van der Waals surface area contributed by atoms with Crippen LogP contribution in [0.25, 0.3) is 22.4 Å². The summed E-state index contributed by atoms with van der Waals surface area (Å²) in [5.41, 5.74) is 2.97. The summed E-state index contributed by atoms with van der Waals surface area (Å²) in [7, 11) is 1.70. The van der Waals surface area contributed by atoms with Gasteiger partial charge in [0.25, 0.3) is 5.56 Å². The molecular weight excluding hydrogens is 440 g/mol. The average molecular weight is 463 g/mol. The van der Waals surface area contributed by atoms with Crippen LogP contribution in [-0.4, -0.2) is 31.1 Å². The van der Waals surface area contributed by atoms with Crippen LogP contribution in [0.1, 0.15) is 47.6 Å². The fourth-order valence-electron chi connectivity index (χ4n) is 4.29. The topological polar surface area (TPSA) is 82.8 Å². The lowest BCUT2D eigenvalue weighted by molar-refractivity contribution is 0.00300. The smallest absolute Gasteiger partial charge is 0.256 e. The standard InChI is InChI=1S/C25H23F2N5O2/c1-13-14(2)29-24-22(28-13)21(17-7-6-16(26)12-19(17)27)30-23(31-24)15-8-10-34-20(11-15)18-5-4-9-32(3)25(18)33/h4-7,9,12,15,20H,8,10-11H2,1-3H3/t15-,20-/m1/s1. The molecule has 0 saturated carbocycles. The Kier molecular flexibility index (Phi) is 5.65. The first-order chi connectivity index (χ1) is 16.3. The van der Waals surface area contributed by atoms with Gasteiger partial charge in [0.15, 0.2) is 5.65 Å². The van der Waals surface area contributed by atoms with E-state index < -0.39 is 17.7 Å². The Morgan fingerprint density at radius 3 is 2.65 bits per heavy atom. The molecule has 1 saturated heterocycles. The highest BCUT2D eigenvalue weighted by Gasteiger charge is 2.30. The Morgan fingerprint density at radius 1 is 1.06 bits per heavy atom. The molecule has 0 amide bonds. The number of fused-ring (bicyclic) bond motifs is 1. The van der Waals surface area contributed by atoms with E-state index in [0.717, 1.165) is 6.07 Å². The number of halogens is 2. The zero-order valence-corrected chi connectivity index (χ0v) is 19.0. The minimum atomic E-state index is -0.733. The van der Waals surface area contributed by atoms with E-state index in [0.29, 0.717) is 53.4 Å². The number of aryl methyl sites for hydroxylation is 3. The van der Waals surface area contributed by atoms with Crippen molar-refractivity contribution in [3.63, 3.8) is 0 Å². The van der Waals surface area contributed by atoms with Gasteiger partial charge in [0, 0.05) is 43.0 Å². The van der Waals surface area contributed by atoms with Crippen molar-refractivity contribution in [3.8, 4) is 11.3 Å². The Hall–Kier alpha value is -3.59. The average Bonchev–Trinajstić information content (AvgIpc) is 2.81. The molecule has 1 aliphatic rings. The summed E-state index contributed by atoms with van der Waals surface area (Å²) in [6, 6.07) is 6.96. The second-order valence-electron chi connectivity index (χ2n) is 8.58. The first-order valence-corrected chi connectivity index (χ1v) is 11.1. The molecule has 7 nitrogen and oxygen atoms in total. The molecule has 174 valence electrons. The van der Waals surface area contributed by atoms with E-state index >= 15 is 0 Å². The zero-order chi connectivity index (χ0) is 24.0. The van der Waals surface area contributed by atoms with Gasteiger partial charge in [-0.15, -0.1) is 0 Å². The number of hydrogen-bond donors (Lipinski definition) is 0. The number of nitrogens with zero attached hydrogens (tertiary/aromatic N) is 5. The van der Waals surface area contributed by atoms with Crippen LogP contribution in [0, 0.1) is 25.5 Å². The van der Waals surface area contributed by atoms with Crippen molar-refractivity contribution < 1.29 is 13.5 Å². The molecule has 2 atom stereocenters. The lowest BCUT2D eigenvalue weighted by Crippen LogP contribution is -2.28. The minimum absolute atomic E-state index is 0.112. The minimum Gasteiger partial charge on any atom is -0.373 e. The largest absolute Gasteiger partial charge is 0.373 e. The monoisotopic (exact) mass is 463 g/mol. The zero-order valence-electron chi connectivity index (χ0n) is 19.0. The van der Waals surface area contributed by atoms with Crippen LogP contribution in [0.5, 0.6) is 0 Å². The van der Waals surface area contributed by atoms with E-state index in [1.165, 1.54) is 16.7 Å². The second-order valence-corrected chi connectivity index (χ2v) is 8.58. The molecule has 1 aliphatic heterocycles. The Balaban J connectivity index is 1.63. The molecule has 3 aromatic heterocycles. The summed E-state index contributed by atoms with van der Waals surface area (Å²) in [5, 5.41) is 0. The molecule has 0 unspecified atom stereocenters. The fourth-order valence-corrected chi connectivity index (χ4v) is 4.29. The maximum absolute atomic E-state index is 14.8. The fraction of sp³-hybridized carbons (Fsp3) is 0.320. The van der Waals surface area contributed by atoms with E-state index in [2.05, 4.69) is 15.0 Å². The molecule has 34 heavy (non-hydrogen) atoms. The molecule has 1 aromatic carbocycles. The van der Waals surface area contributed by atoms with Crippen molar-refractivity contribution in [1.29, 1.82) is 0 Å². The van der Waals surface area contributed by atoms with Crippen LogP contribution in [0.2, 0.25) is 0 Å². The van der Waals surface area contributed by atoms with Crippen LogP contribution >= 0.6 is 0 Å². The van der Waals surface area contributed by atoms with Gasteiger partial charge < -0.3 is 9.30 Å². The lowest BCUT2D eigenvalue weighted by atomic mass is 9.91. The third-order valence-electron chi connectivity index (χ3n) is 6.29. The number of rotatable bonds is 3. The lowest BCUT2D eigenvalue weighted by Gasteiger charge is -2.29. The van der Waals surface area contributed by atoms with Crippen molar-refractivity contribution in [3.05, 3.63) is 81.3 Å². The number of benzene rings is 1. The van der Waals surface area contributed by atoms with Crippen LogP contribution in [0.4, 0.5) is 8.78 Å². The van der Waals surface area contributed by atoms with Crippen LogP contribution in [0.3, 0.4) is 0 Å². The molecule has 1 fully saturated rings. The van der Waals surface area contributed by atoms with E-state index in [4.69, 9.17) is 9.72 Å². The predicted molar refractivity (Wildman–Crippen MR) is 122 cm³/mol. The van der Waals surface area contributed by atoms with Gasteiger partial charge in [-0.25, -0.2) is 28.7 Å².